The number of hydrogen-bond donors (Lipinski definition) is 0. The minimum absolute atomic E-state index is 0.00371. The number of rotatable bonds is 4. The van der Waals surface area contributed by atoms with Crippen LogP contribution >= 0.6 is 27.5 Å². The first-order chi connectivity index (χ1) is 13.0. The standard InChI is InChI=1S/C20H15BrClNO4/c1-11-6-13-7-12(2-5-18(13)26-11)19-9-15(23-27-19)10-25-20(24)16-8-14(21)3-4-17(16)22/h2-5,7-9,11H,6,10H2,1H3. The predicted octanol–water partition coefficient (Wildman–Crippen LogP) is 5.44. The minimum atomic E-state index is -0.519. The van der Waals surface area contributed by atoms with Crippen LogP contribution in [-0.2, 0) is 17.8 Å². The summed E-state index contributed by atoms with van der Waals surface area (Å²) in [5.41, 5.74) is 2.87. The van der Waals surface area contributed by atoms with Crippen LogP contribution in [0.1, 0.15) is 28.5 Å². The van der Waals surface area contributed by atoms with Crippen LogP contribution in [0.15, 0.2) is 51.5 Å². The van der Waals surface area contributed by atoms with Crippen LogP contribution in [0.2, 0.25) is 5.02 Å². The molecule has 0 fully saturated rings. The number of benzene rings is 2. The molecule has 0 bridgehead atoms. The molecule has 7 heteroatoms. The Labute approximate surface area is 169 Å². The number of carbonyl (C=O) groups excluding carboxylic acids is 1. The molecule has 0 aliphatic carbocycles. The molecule has 2 aromatic carbocycles. The number of nitrogens with zero attached hydrogens (tertiary/aromatic N) is 1. The highest BCUT2D eigenvalue weighted by Crippen LogP contribution is 2.33. The van der Waals surface area contributed by atoms with Gasteiger partial charge in [-0.3, -0.25) is 0 Å². The summed E-state index contributed by atoms with van der Waals surface area (Å²) in [5.74, 6) is 1.00. The third kappa shape index (κ3) is 3.87. The van der Waals surface area contributed by atoms with E-state index in [9.17, 15) is 4.79 Å². The van der Waals surface area contributed by atoms with Gasteiger partial charge in [0.2, 0.25) is 0 Å². The monoisotopic (exact) mass is 447 g/mol. The van der Waals surface area contributed by atoms with E-state index in [4.69, 9.17) is 25.6 Å². The van der Waals surface area contributed by atoms with Crippen LogP contribution in [0, 0.1) is 0 Å². The smallest absolute Gasteiger partial charge is 0.340 e. The van der Waals surface area contributed by atoms with Gasteiger partial charge in [0.05, 0.1) is 10.6 Å². The first-order valence-corrected chi connectivity index (χ1v) is 9.54. The SMILES string of the molecule is CC1Cc2cc(-c3cc(COC(=O)c4cc(Br)ccc4Cl)no3)ccc2O1. The predicted molar refractivity (Wildman–Crippen MR) is 104 cm³/mol. The molecule has 0 amide bonds. The van der Waals surface area contributed by atoms with Gasteiger partial charge < -0.3 is 14.0 Å². The largest absolute Gasteiger partial charge is 0.490 e. The summed E-state index contributed by atoms with van der Waals surface area (Å²) >= 11 is 9.36. The number of fused-ring (bicyclic) bond motifs is 1. The van der Waals surface area contributed by atoms with Gasteiger partial charge in [-0.15, -0.1) is 0 Å². The Bertz CT molecular complexity index is 1020. The molecule has 5 nitrogen and oxygen atoms in total. The van der Waals surface area contributed by atoms with Gasteiger partial charge in [-0.2, -0.15) is 0 Å². The number of aromatic nitrogens is 1. The van der Waals surface area contributed by atoms with Crippen molar-refractivity contribution in [1.82, 2.24) is 5.16 Å². The second-order valence-corrected chi connectivity index (χ2v) is 7.66. The summed E-state index contributed by atoms with van der Waals surface area (Å²) in [6.07, 6.45) is 1.06. The second-order valence-electron chi connectivity index (χ2n) is 6.34. The zero-order valence-corrected chi connectivity index (χ0v) is 16.7. The fraction of sp³-hybridized carbons (Fsp3) is 0.200. The molecule has 1 unspecified atom stereocenters. The summed E-state index contributed by atoms with van der Waals surface area (Å²) in [7, 11) is 0. The quantitative estimate of drug-likeness (QED) is 0.498. The topological polar surface area (TPSA) is 61.6 Å². The minimum Gasteiger partial charge on any atom is -0.490 e. The van der Waals surface area contributed by atoms with Crippen LogP contribution in [0.25, 0.3) is 11.3 Å². The molecule has 27 heavy (non-hydrogen) atoms. The molecule has 1 aromatic heterocycles. The van der Waals surface area contributed by atoms with Gasteiger partial charge in [-0.05, 0) is 48.9 Å². The second kappa shape index (κ2) is 7.37. The summed E-state index contributed by atoms with van der Waals surface area (Å²) in [6, 6.07) is 12.7. The summed E-state index contributed by atoms with van der Waals surface area (Å²) in [6.45, 7) is 2.04. The van der Waals surface area contributed by atoms with Crippen molar-refractivity contribution < 1.29 is 18.8 Å². The van der Waals surface area contributed by atoms with E-state index in [2.05, 4.69) is 21.1 Å². The van der Waals surface area contributed by atoms with E-state index in [1.165, 1.54) is 0 Å². The average Bonchev–Trinajstić information content (AvgIpc) is 3.26. The van der Waals surface area contributed by atoms with Gasteiger partial charge in [0.15, 0.2) is 5.76 Å². The van der Waals surface area contributed by atoms with E-state index < -0.39 is 5.97 Å². The summed E-state index contributed by atoms with van der Waals surface area (Å²) in [4.78, 5) is 12.2. The highest BCUT2D eigenvalue weighted by Gasteiger charge is 2.20. The first kappa shape index (κ1) is 18.1. The van der Waals surface area contributed by atoms with E-state index in [0.717, 1.165) is 27.8 Å². The van der Waals surface area contributed by atoms with Crippen LogP contribution in [0.3, 0.4) is 0 Å². The first-order valence-electron chi connectivity index (χ1n) is 8.37. The molecule has 1 aliphatic heterocycles. The molecule has 0 saturated heterocycles. The van der Waals surface area contributed by atoms with Crippen molar-refractivity contribution in [2.45, 2.75) is 26.1 Å². The number of carbonyl (C=O) groups is 1. The van der Waals surface area contributed by atoms with E-state index in [1.54, 1.807) is 24.3 Å². The summed E-state index contributed by atoms with van der Waals surface area (Å²) in [5, 5.41) is 4.31. The van der Waals surface area contributed by atoms with Crippen molar-refractivity contribution in [2.75, 3.05) is 0 Å². The van der Waals surface area contributed by atoms with Crippen molar-refractivity contribution >= 4 is 33.5 Å². The fourth-order valence-corrected chi connectivity index (χ4v) is 3.52. The Morgan fingerprint density at radius 3 is 3.00 bits per heavy atom. The third-order valence-corrected chi connectivity index (χ3v) is 5.06. The van der Waals surface area contributed by atoms with E-state index >= 15 is 0 Å². The highest BCUT2D eigenvalue weighted by atomic mass is 79.9. The zero-order chi connectivity index (χ0) is 19.0. The van der Waals surface area contributed by atoms with Gasteiger partial charge in [-0.25, -0.2) is 4.79 Å². The molecule has 0 saturated carbocycles. The van der Waals surface area contributed by atoms with Crippen molar-refractivity contribution in [3.05, 3.63) is 68.8 Å². The molecule has 0 radical (unpaired) electrons. The number of ether oxygens (including phenoxy) is 2. The van der Waals surface area contributed by atoms with Gasteiger partial charge >= 0.3 is 5.97 Å². The number of esters is 1. The maximum Gasteiger partial charge on any atom is 0.340 e. The Balaban J connectivity index is 1.45. The Hall–Kier alpha value is -2.31. The van der Waals surface area contributed by atoms with Crippen LogP contribution < -0.4 is 4.74 Å². The molecule has 3 aromatic rings. The Kier molecular flexibility index (Phi) is 4.93. The number of halogens is 2. The zero-order valence-electron chi connectivity index (χ0n) is 14.4. The van der Waals surface area contributed by atoms with Gasteiger partial charge in [0.1, 0.15) is 24.2 Å². The lowest BCUT2D eigenvalue weighted by atomic mass is 10.1. The van der Waals surface area contributed by atoms with Crippen molar-refractivity contribution in [1.29, 1.82) is 0 Å². The Morgan fingerprint density at radius 1 is 1.30 bits per heavy atom. The highest BCUT2D eigenvalue weighted by molar-refractivity contribution is 9.10. The lowest BCUT2D eigenvalue weighted by Crippen LogP contribution is -2.06. The molecule has 1 atom stereocenters. The van der Waals surface area contributed by atoms with E-state index in [-0.39, 0.29) is 12.7 Å². The lowest BCUT2D eigenvalue weighted by molar-refractivity contribution is 0.0464. The Morgan fingerprint density at radius 2 is 2.15 bits per heavy atom. The van der Waals surface area contributed by atoms with Crippen LogP contribution in [0.5, 0.6) is 5.75 Å². The van der Waals surface area contributed by atoms with Crippen molar-refractivity contribution in [3.63, 3.8) is 0 Å². The molecular weight excluding hydrogens is 434 g/mol. The van der Waals surface area contributed by atoms with E-state index in [0.29, 0.717) is 22.0 Å². The van der Waals surface area contributed by atoms with Gasteiger partial charge in [0, 0.05) is 22.5 Å². The molecule has 0 spiro atoms. The maximum atomic E-state index is 12.2. The van der Waals surface area contributed by atoms with Gasteiger partial charge in [-0.1, -0.05) is 32.7 Å². The fourth-order valence-electron chi connectivity index (χ4n) is 2.96. The normalized spacial score (nSPS) is 15.3. The van der Waals surface area contributed by atoms with Gasteiger partial charge in [0.25, 0.3) is 0 Å². The molecule has 2 heterocycles. The van der Waals surface area contributed by atoms with Crippen LogP contribution in [0.4, 0.5) is 0 Å². The van der Waals surface area contributed by atoms with Crippen molar-refractivity contribution in [2.24, 2.45) is 0 Å². The summed E-state index contributed by atoms with van der Waals surface area (Å²) < 4.78 is 17.2. The molecule has 4 rings (SSSR count). The average molecular weight is 449 g/mol. The molecule has 1 aliphatic rings. The molecular formula is C20H15BrClNO4. The molecule has 138 valence electrons. The third-order valence-electron chi connectivity index (χ3n) is 4.24. The van der Waals surface area contributed by atoms with E-state index in [1.807, 2.05) is 25.1 Å². The lowest BCUT2D eigenvalue weighted by Gasteiger charge is -2.05. The number of hydrogen-bond acceptors (Lipinski definition) is 5. The molecule has 0 N–H and O–H groups in total. The maximum absolute atomic E-state index is 12.2. The van der Waals surface area contributed by atoms with Crippen LogP contribution in [-0.4, -0.2) is 17.2 Å². The van der Waals surface area contributed by atoms with Crippen molar-refractivity contribution in [3.8, 4) is 17.1 Å².